The van der Waals surface area contributed by atoms with Gasteiger partial charge in [-0.25, -0.2) is 29.7 Å². The monoisotopic (exact) mass is 505 g/mol. The normalized spacial score (nSPS) is 14.9. The molecule has 35 heavy (non-hydrogen) atoms. The Kier molecular flexibility index (Phi) is 5.59. The number of halogens is 4. The Morgan fingerprint density at radius 1 is 1.06 bits per heavy atom. The van der Waals surface area contributed by atoms with Crippen LogP contribution < -0.4 is 10.2 Å². The molecule has 1 amide bonds. The maximum atomic E-state index is 13.5. The minimum absolute atomic E-state index is 0.0992. The van der Waals surface area contributed by atoms with Crippen molar-refractivity contribution in [2.24, 2.45) is 0 Å². The number of alkyl halides is 3. The number of cyclic esters (lactones) is 1. The molecule has 0 aliphatic carbocycles. The molecular formula is C20H15ClF3N9O2. The van der Waals surface area contributed by atoms with Crippen LogP contribution in [0.15, 0.2) is 37.2 Å². The number of fused-ring (bicyclic) bond motifs is 1. The summed E-state index contributed by atoms with van der Waals surface area (Å²) in [5.74, 6) is 1.16. The van der Waals surface area contributed by atoms with Crippen molar-refractivity contribution >= 4 is 40.2 Å². The molecule has 5 rings (SSSR count). The van der Waals surface area contributed by atoms with E-state index >= 15 is 0 Å². The zero-order valence-electron chi connectivity index (χ0n) is 17.9. The van der Waals surface area contributed by atoms with Crippen molar-refractivity contribution in [2.45, 2.75) is 19.1 Å². The van der Waals surface area contributed by atoms with E-state index < -0.39 is 23.9 Å². The lowest BCUT2D eigenvalue weighted by Crippen LogP contribution is -2.25. The SMILES string of the molecule is C[C@H](Nc1ncnc2c(C(F)(F)F)cc(Cl)cc12)c1ncnn1-c1cc(N2CCOC2=O)ncn1. The molecule has 1 aliphatic heterocycles. The van der Waals surface area contributed by atoms with Crippen LogP contribution in [-0.4, -0.2) is 53.9 Å². The minimum Gasteiger partial charge on any atom is -0.447 e. The fourth-order valence-corrected chi connectivity index (χ4v) is 3.88. The molecule has 0 spiro atoms. The highest BCUT2D eigenvalue weighted by molar-refractivity contribution is 6.31. The Bertz CT molecular complexity index is 1430. The maximum Gasteiger partial charge on any atom is 0.418 e. The molecule has 0 saturated carbocycles. The number of hydrogen-bond acceptors (Lipinski definition) is 9. The van der Waals surface area contributed by atoms with Crippen molar-refractivity contribution in [3.8, 4) is 5.82 Å². The fourth-order valence-electron chi connectivity index (χ4n) is 3.66. The maximum absolute atomic E-state index is 13.5. The van der Waals surface area contributed by atoms with E-state index in [0.717, 1.165) is 12.4 Å². The molecule has 4 aromatic rings. The van der Waals surface area contributed by atoms with Crippen LogP contribution >= 0.6 is 11.6 Å². The number of anilines is 2. The first-order valence-corrected chi connectivity index (χ1v) is 10.5. The second-order valence-electron chi connectivity index (χ2n) is 7.47. The van der Waals surface area contributed by atoms with Crippen molar-refractivity contribution in [1.82, 2.24) is 34.7 Å². The first-order chi connectivity index (χ1) is 16.7. The van der Waals surface area contributed by atoms with Crippen molar-refractivity contribution in [1.29, 1.82) is 0 Å². The van der Waals surface area contributed by atoms with Gasteiger partial charge in [0, 0.05) is 16.5 Å². The highest BCUT2D eigenvalue weighted by Gasteiger charge is 2.34. The number of aromatic nitrogens is 7. The molecule has 11 nitrogen and oxygen atoms in total. The summed E-state index contributed by atoms with van der Waals surface area (Å²) in [5.41, 5.74) is -1.25. The van der Waals surface area contributed by atoms with Gasteiger partial charge < -0.3 is 10.1 Å². The quantitative estimate of drug-likeness (QED) is 0.431. The Balaban J connectivity index is 1.49. The second-order valence-corrected chi connectivity index (χ2v) is 7.90. The molecule has 1 aromatic carbocycles. The van der Waals surface area contributed by atoms with E-state index in [4.69, 9.17) is 16.3 Å². The lowest BCUT2D eigenvalue weighted by molar-refractivity contribution is -0.136. The molecular weight excluding hydrogens is 491 g/mol. The summed E-state index contributed by atoms with van der Waals surface area (Å²) in [6.07, 6.45) is -1.55. The van der Waals surface area contributed by atoms with Gasteiger partial charge in [-0.3, -0.25) is 4.90 Å². The highest BCUT2D eigenvalue weighted by atomic mass is 35.5. The van der Waals surface area contributed by atoms with Crippen molar-refractivity contribution < 1.29 is 22.7 Å². The number of carbonyl (C=O) groups is 1. The number of nitrogens with one attached hydrogen (secondary N) is 1. The van der Waals surface area contributed by atoms with Crippen LogP contribution in [0.1, 0.15) is 24.4 Å². The number of rotatable bonds is 5. The van der Waals surface area contributed by atoms with E-state index in [0.29, 0.717) is 24.0 Å². The van der Waals surface area contributed by atoms with Gasteiger partial charge in [-0.1, -0.05) is 11.6 Å². The zero-order chi connectivity index (χ0) is 24.7. The van der Waals surface area contributed by atoms with E-state index in [2.05, 4.69) is 35.3 Å². The molecule has 0 bridgehead atoms. The topological polar surface area (TPSA) is 124 Å². The van der Waals surface area contributed by atoms with Gasteiger partial charge in [0.1, 0.15) is 37.2 Å². The third-order valence-electron chi connectivity index (χ3n) is 5.22. The lowest BCUT2D eigenvalue weighted by atomic mass is 10.1. The van der Waals surface area contributed by atoms with Crippen LogP contribution in [0.2, 0.25) is 5.02 Å². The van der Waals surface area contributed by atoms with Crippen molar-refractivity contribution in [2.75, 3.05) is 23.4 Å². The first kappa shape index (κ1) is 22.7. The molecule has 1 saturated heterocycles. The van der Waals surface area contributed by atoms with E-state index in [1.807, 2.05) is 0 Å². The molecule has 180 valence electrons. The average Bonchev–Trinajstić information content (AvgIpc) is 3.48. The molecule has 0 radical (unpaired) electrons. The predicted molar refractivity (Wildman–Crippen MR) is 117 cm³/mol. The zero-order valence-corrected chi connectivity index (χ0v) is 18.6. The summed E-state index contributed by atoms with van der Waals surface area (Å²) in [5, 5.41) is 7.24. The number of carbonyl (C=O) groups excluding carboxylic acids is 1. The summed E-state index contributed by atoms with van der Waals surface area (Å²) < 4.78 is 46.9. The van der Waals surface area contributed by atoms with Gasteiger partial charge in [0.2, 0.25) is 0 Å². The van der Waals surface area contributed by atoms with Gasteiger partial charge >= 0.3 is 12.3 Å². The Morgan fingerprint density at radius 2 is 1.83 bits per heavy atom. The predicted octanol–water partition coefficient (Wildman–Crippen LogP) is 3.80. The summed E-state index contributed by atoms with van der Waals surface area (Å²) in [4.78, 5) is 33.7. The van der Waals surface area contributed by atoms with Gasteiger partial charge in [0.05, 0.1) is 23.7 Å². The van der Waals surface area contributed by atoms with E-state index in [-0.39, 0.29) is 28.4 Å². The number of hydrogen-bond donors (Lipinski definition) is 1. The van der Waals surface area contributed by atoms with Crippen LogP contribution in [0.5, 0.6) is 0 Å². The second kappa shape index (κ2) is 8.61. The molecule has 3 aromatic heterocycles. The molecule has 1 atom stereocenters. The van der Waals surface area contributed by atoms with Gasteiger partial charge in [-0.15, -0.1) is 0 Å². The van der Waals surface area contributed by atoms with Crippen molar-refractivity contribution in [3.63, 3.8) is 0 Å². The van der Waals surface area contributed by atoms with E-state index in [1.54, 1.807) is 13.0 Å². The van der Waals surface area contributed by atoms with Crippen molar-refractivity contribution in [3.05, 3.63) is 53.6 Å². The number of nitrogens with zero attached hydrogens (tertiary/aromatic N) is 8. The van der Waals surface area contributed by atoms with Crippen LogP contribution in [-0.2, 0) is 10.9 Å². The fraction of sp³-hybridized carbons (Fsp3) is 0.250. The number of amides is 1. The Morgan fingerprint density at radius 3 is 2.57 bits per heavy atom. The minimum atomic E-state index is -4.65. The first-order valence-electron chi connectivity index (χ1n) is 10.2. The highest BCUT2D eigenvalue weighted by Crippen LogP contribution is 2.38. The van der Waals surface area contributed by atoms with E-state index in [1.165, 1.54) is 28.3 Å². The molecule has 1 fully saturated rings. The summed E-state index contributed by atoms with van der Waals surface area (Å²) in [6.45, 7) is 2.32. The van der Waals surface area contributed by atoms with Gasteiger partial charge in [0.25, 0.3) is 0 Å². The lowest BCUT2D eigenvalue weighted by Gasteiger charge is -2.18. The summed E-state index contributed by atoms with van der Waals surface area (Å²) >= 11 is 5.96. The molecule has 15 heteroatoms. The summed E-state index contributed by atoms with van der Waals surface area (Å²) in [6, 6.07) is 3.15. The van der Waals surface area contributed by atoms with Gasteiger partial charge in [-0.2, -0.15) is 23.0 Å². The average molecular weight is 506 g/mol. The third-order valence-corrected chi connectivity index (χ3v) is 5.43. The van der Waals surface area contributed by atoms with Crippen LogP contribution in [0, 0.1) is 0 Å². The number of benzene rings is 1. The third kappa shape index (κ3) is 4.27. The van der Waals surface area contributed by atoms with Gasteiger partial charge in [-0.05, 0) is 19.1 Å². The molecule has 0 unspecified atom stereocenters. The molecule has 1 aliphatic rings. The standard InChI is InChI=1S/C20H15ClF3N9O2/c1-10(31-17-12-4-11(21)5-13(20(22,23)24)16(12)27-8-28-17)18-29-9-30-33(18)15-6-14(25-7-26-15)32-2-3-35-19(32)34/h4-10H,2-3H2,1H3,(H,27,28,31)/t10-/m0/s1. The molecule has 1 N–H and O–H groups in total. The summed E-state index contributed by atoms with van der Waals surface area (Å²) in [7, 11) is 0. The Hall–Kier alpha value is -4.07. The van der Waals surface area contributed by atoms with Crippen LogP contribution in [0.3, 0.4) is 0 Å². The smallest absolute Gasteiger partial charge is 0.418 e. The van der Waals surface area contributed by atoms with Crippen LogP contribution in [0.25, 0.3) is 16.7 Å². The van der Waals surface area contributed by atoms with Gasteiger partial charge in [0.15, 0.2) is 11.6 Å². The Labute approximate surface area is 200 Å². The van der Waals surface area contributed by atoms with Crippen LogP contribution in [0.4, 0.5) is 29.6 Å². The molecule has 4 heterocycles. The largest absolute Gasteiger partial charge is 0.447 e. The van der Waals surface area contributed by atoms with E-state index in [9.17, 15) is 18.0 Å². The number of ether oxygens (including phenoxy) is 1.